The Morgan fingerprint density at radius 2 is 1.62 bits per heavy atom. The number of hydrogen-bond acceptors (Lipinski definition) is 4. The third kappa shape index (κ3) is 5.75. The van der Waals surface area contributed by atoms with E-state index in [1.165, 1.54) is 10.5 Å². The van der Waals surface area contributed by atoms with Gasteiger partial charge in [0.15, 0.2) is 0 Å². The van der Waals surface area contributed by atoms with Crippen molar-refractivity contribution in [1.29, 1.82) is 0 Å². The molecule has 39 heavy (non-hydrogen) atoms. The molecule has 1 saturated heterocycles. The highest BCUT2D eigenvalue weighted by Crippen LogP contribution is 2.31. The number of rotatable bonds is 7. The number of anilines is 2. The number of imide groups is 1. The van der Waals surface area contributed by atoms with Crippen molar-refractivity contribution in [2.75, 3.05) is 36.4 Å². The molecule has 3 aromatic carbocycles. The molecule has 200 valence electrons. The minimum atomic E-state index is -0.579. The van der Waals surface area contributed by atoms with Crippen LogP contribution in [0.15, 0.2) is 89.6 Å². The molecular formula is C31H32ClN4O3+. The highest BCUT2D eigenvalue weighted by molar-refractivity contribution is 6.53. The summed E-state index contributed by atoms with van der Waals surface area (Å²) < 4.78 is 0. The van der Waals surface area contributed by atoms with Crippen molar-refractivity contribution in [3.8, 4) is 0 Å². The Kier molecular flexibility index (Phi) is 7.82. The van der Waals surface area contributed by atoms with E-state index in [0.717, 1.165) is 30.1 Å². The first-order chi connectivity index (χ1) is 18.8. The maximum Gasteiger partial charge on any atom is 0.283 e. The lowest BCUT2D eigenvalue weighted by molar-refractivity contribution is -0.917. The molecule has 0 radical (unpaired) electrons. The van der Waals surface area contributed by atoms with Gasteiger partial charge in [-0.2, -0.15) is 0 Å². The largest absolute Gasteiger partial charge is 0.350 e. The standard InChI is InChI=1S/C31H31ClN4O3/c1-21(2)23-11-13-26(14-12-23)36-30(38)27(32)28(31(36)39)33-25-10-6-9-24(19-25)29(37)35-17-15-34(16-18-35)20-22-7-4-3-5-8-22/h3-14,19,21,33H,15-18,20H2,1-2H3/p+1. The van der Waals surface area contributed by atoms with Gasteiger partial charge in [0.2, 0.25) is 0 Å². The average Bonchev–Trinajstić information content (AvgIpc) is 3.16. The quantitative estimate of drug-likeness (QED) is 0.445. The number of quaternary nitrogens is 1. The molecule has 0 aromatic heterocycles. The van der Waals surface area contributed by atoms with Crippen LogP contribution >= 0.6 is 11.6 Å². The molecular weight excluding hydrogens is 512 g/mol. The Morgan fingerprint density at radius 1 is 0.923 bits per heavy atom. The summed E-state index contributed by atoms with van der Waals surface area (Å²) in [4.78, 5) is 43.7. The normalized spacial score (nSPS) is 16.4. The van der Waals surface area contributed by atoms with Gasteiger partial charge in [-0.3, -0.25) is 14.4 Å². The van der Waals surface area contributed by atoms with Gasteiger partial charge < -0.3 is 15.1 Å². The first-order valence-corrected chi connectivity index (χ1v) is 13.6. The van der Waals surface area contributed by atoms with Crippen LogP contribution in [0, 0.1) is 0 Å². The predicted molar refractivity (Wildman–Crippen MR) is 153 cm³/mol. The van der Waals surface area contributed by atoms with Crippen molar-refractivity contribution in [2.24, 2.45) is 0 Å². The first kappa shape index (κ1) is 26.7. The smallest absolute Gasteiger partial charge is 0.283 e. The maximum absolute atomic E-state index is 13.3. The van der Waals surface area contributed by atoms with E-state index >= 15 is 0 Å². The van der Waals surface area contributed by atoms with Crippen molar-refractivity contribution >= 4 is 40.7 Å². The Morgan fingerprint density at radius 3 is 2.28 bits per heavy atom. The molecule has 2 N–H and O–H groups in total. The Hall–Kier alpha value is -3.94. The summed E-state index contributed by atoms with van der Waals surface area (Å²) in [6.45, 7) is 8.21. The van der Waals surface area contributed by atoms with E-state index in [1.54, 1.807) is 36.4 Å². The fourth-order valence-corrected chi connectivity index (χ4v) is 5.21. The fourth-order valence-electron chi connectivity index (χ4n) is 5.00. The highest BCUT2D eigenvalue weighted by atomic mass is 35.5. The third-order valence-corrected chi connectivity index (χ3v) is 7.63. The number of halogens is 1. The fraction of sp³-hybridized carbons (Fsp3) is 0.258. The topological polar surface area (TPSA) is 74.2 Å². The monoisotopic (exact) mass is 543 g/mol. The summed E-state index contributed by atoms with van der Waals surface area (Å²) >= 11 is 6.32. The van der Waals surface area contributed by atoms with Crippen LogP contribution in [-0.2, 0) is 16.1 Å². The summed E-state index contributed by atoms with van der Waals surface area (Å²) in [5, 5.41) is 2.81. The van der Waals surface area contributed by atoms with Gasteiger partial charge in [-0.1, -0.05) is 74.0 Å². The Bertz CT molecular complexity index is 1410. The zero-order chi connectivity index (χ0) is 27.5. The molecule has 2 aliphatic rings. The van der Waals surface area contributed by atoms with E-state index in [9.17, 15) is 14.4 Å². The van der Waals surface area contributed by atoms with Crippen LogP contribution < -0.4 is 15.1 Å². The number of carbonyl (C=O) groups excluding carboxylic acids is 3. The van der Waals surface area contributed by atoms with Crippen LogP contribution in [0.3, 0.4) is 0 Å². The van der Waals surface area contributed by atoms with Crippen molar-refractivity contribution in [1.82, 2.24) is 4.90 Å². The lowest BCUT2D eigenvalue weighted by atomic mass is 10.0. The number of amides is 3. The summed E-state index contributed by atoms with van der Waals surface area (Å²) in [5.74, 6) is -0.836. The third-order valence-electron chi connectivity index (χ3n) is 7.28. The molecule has 0 bridgehead atoms. The van der Waals surface area contributed by atoms with Gasteiger partial charge in [0.1, 0.15) is 17.3 Å². The van der Waals surface area contributed by atoms with E-state index in [0.29, 0.717) is 35.9 Å². The van der Waals surface area contributed by atoms with Crippen molar-refractivity contribution in [3.05, 3.63) is 106 Å². The van der Waals surface area contributed by atoms with Gasteiger partial charge >= 0.3 is 0 Å². The van der Waals surface area contributed by atoms with Gasteiger partial charge in [-0.15, -0.1) is 0 Å². The SMILES string of the molecule is CC(C)c1ccc(N2C(=O)C(Cl)=C(Nc3cccc(C(=O)N4CC[NH+](Cc5ccccc5)CC4)c3)C2=O)cc1. The van der Waals surface area contributed by atoms with Gasteiger partial charge in [-0.05, 0) is 41.8 Å². The Balaban J connectivity index is 1.24. The molecule has 7 nitrogen and oxygen atoms in total. The van der Waals surface area contributed by atoms with Crippen LogP contribution in [0.2, 0.25) is 0 Å². The number of carbonyl (C=O) groups is 3. The van der Waals surface area contributed by atoms with Gasteiger partial charge in [0.25, 0.3) is 17.7 Å². The molecule has 0 atom stereocenters. The van der Waals surface area contributed by atoms with Crippen LogP contribution in [0.1, 0.15) is 41.3 Å². The highest BCUT2D eigenvalue weighted by Gasteiger charge is 2.39. The lowest BCUT2D eigenvalue weighted by Crippen LogP contribution is -3.13. The van der Waals surface area contributed by atoms with Crippen LogP contribution in [0.25, 0.3) is 0 Å². The Labute approximate surface area is 233 Å². The molecule has 0 unspecified atom stereocenters. The second-order valence-corrected chi connectivity index (χ2v) is 10.7. The van der Waals surface area contributed by atoms with Crippen molar-refractivity contribution in [2.45, 2.75) is 26.3 Å². The molecule has 0 aliphatic carbocycles. The molecule has 2 heterocycles. The molecule has 5 rings (SSSR count). The van der Waals surface area contributed by atoms with Gasteiger partial charge in [-0.25, -0.2) is 4.90 Å². The maximum atomic E-state index is 13.3. The molecule has 1 fully saturated rings. The second kappa shape index (κ2) is 11.4. The van der Waals surface area contributed by atoms with E-state index in [2.05, 4.69) is 43.4 Å². The van der Waals surface area contributed by atoms with Crippen molar-refractivity contribution in [3.63, 3.8) is 0 Å². The summed E-state index contributed by atoms with van der Waals surface area (Å²) in [5.41, 5.74) is 3.89. The van der Waals surface area contributed by atoms with Crippen LogP contribution in [0.4, 0.5) is 11.4 Å². The minimum absolute atomic E-state index is 0.00247. The predicted octanol–water partition coefficient (Wildman–Crippen LogP) is 3.79. The lowest BCUT2D eigenvalue weighted by Gasteiger charge is -2.32. The summed E-state index contributed by atoms with van der Waals surface area (Å²) in [6.07, 6.45) is 0. The number of piperazine rings is 1. The zero-order valence-corrected chi connectivity index (χ0v) is 22.9. The number of benzene rings is 3. The van der Waals surface area contributed by atoms with E-state index in [1.807, 2.05) is 23.1 Å². The zero-order valence-electron chi connectivity index (χ0n) is 22.1. The molecule has 0 spiro atoms. The average molecular weight is 544 g/mol. The molecule has 8 heteroatoms. The van der Waals surface area contributed by atoms with Crippen molar-refractivity contribution < 1.29 is 19.3 Å². The summed E-state index contributed by atoms with van der Waals surface area (Å²) in [6, 6.07) is 24.6. The number of nitrogens with one attached hydrogen (secondary N) is 2. The summed E-state index contributed by atoms with van der Waals surface area (Å²) in [7, 11) is 0. The molecule has 0 saturated carbocycles. The van der Waals surface area contributed by atoms with E-state index in [4.69, 9.17) is 11.6 Å². The molecule has 2 aliphatic heterocycles. The first-order valence-electron chi connectivity index (χ1n) is 13.2. The van der Waals surface area contributed by atoms with Crippen LogP contribution in [-0.4, -0.2) is 48.8 Å². The van der Waals surface area contributed by atoms with E-state index in [-0.39, 0.29) is 16.6 Å². The number of nitrogens with zero attached hydrogens (tertiary/aromatic N) is 2. The van der Waals surface area contributed by atoms with Crippen LogP contribution in [0.5, 0.6) is 0 Å². The van der Waals surface area contributed by atoms with Gasteiger partial charge in [0, 0.05) is 16.8 Å². The molecule has 3 amide bonds. The molecule has 3 aromatic rings. The minimum Gasteiger partial charge on any atom is -0.350 e. The van der Waals surface area contributed by atoms with E-state index < -0.39 is 11.8 Å². The number of hydrogen-bond donors (Lipinski definition) is 2. The van der Waals surface area contributed by atoms with Gasteiger partial charge in [0.05, 0.1) is 31.9 Å². The second-order valence-electron chi connectivity index (χ2n) is 10.3.